The van der Waals surface area contributed by atoms with Crippen molar-refractivity contribution in [1.82, 2.24) is 20.2 Å². The number of benzene rings is 2. The van der Waals surface area contributed by atoms with Gasteiger partial charge in [-0.3, -0.25) is 0 Å². The second kappa shape index (κ2) is 5.10. The van der Waals surface area contributed by atoms with Crippen LogP contribution in [-0.4, -0.2) is 20.2 Å². The van der Waals surface area contributed by atoms with E-state index in [9.17, 15) is 8.78 Å². The van der Waals surface area contributed by atoms with E-state index < -0.39 is 11.6 Å². The summed E-state index contributed by atoms with van der Waals surface area (Å²) < 4.78 is 28.5. The topological polar surface area (TPSA) is 69.6 Å². The lowest BCUT2D eigenvalue weighted by molar-refractivity contribution is 0.608. The van der Waals surface area contributed by atoms with E-state index in [4.69, 9.17) is 17.3 Å². The fourth-order valence-corrected chi connectivity index (χ4v) is 2.19. The van der Waals surface area contributed by atoms with Gasteiger partial charge in [0.2, 0.25) is 0 Å². The summed E-state index contributed by atoms with van der Waals surface area (Å²) in [6.07, 6.45) is 0. The van der Waals surface area contributed by atoms with Crippen LogP contribution in [0, 0.1) is 11.6 Å². The van der Waals surface area contributed by atoms with Gasteiger partial charge in [0.25, 0.3) is 0 Å². The van der Waals surface area contributed by atoms with Gasteiger partial charge in [0.05, 0.1) is 5.02 Å². The van der Waals surface area contributed by atoms with E-state index in [-0.39, 0.29) is 22.2 Å². The Bertz CT molecular complexity index is 778. The molecule has 3 rings (SSSR count). The van der Waals surface area contributed by atoms with E-state index in [0.717, 1.165) is 10.7 Å². The summed E-state index contributed by atoms with van der Waals surface area (Å²) in [4.78, 5) is 0. The first kappa shape index (κ1) is 13.4. The van der Waals surface area contributed by atoms with Gasteiger partial charge in [-0.2, -0.15) is 4.68 Å². The van der Waals surface area contributed by atoms with Crippen molar-refractivity contribution in [3.05, 3.63) is 53.1 Å². The summed E-state index contributed by atoms with van der Waals surface area (Å²) in [5.74, 6) is -1.01. The van der Waals surface area contributed by atoms with Crippen molar-refractivity contribution in [3.63, 3.8) is 0 Å². The number of nitrogen functional groups attached to an aromatic ring is 1. The quantitative estimate of drug-likeness (QED) is 0.739. The van der Waals surface area contributed by atoms with Crippen molar-refractivity contribution < 1.29 is 8.78 Å². The lowest BCUT2D eigenvalue weighted by atomic mass is 10.2. The van der Waals surface area contributed by atoms with Crippen LogP contribution < -0.4 is 5.73 Å². The van der Waals surface area contributed by atoms with Crippen LogP contribution in [0.3, 0.4) is 0 Å². The number of nitrogens with two attached hydrogens (primary N) is 1. The van der Waals surface area contributed by atoms with E-state index in [0.29, 0.717) is 5.56 Å². The molecule has 0 atom stereocenters. The highest BCUT2D eigenvalue weighted by Gasteiger charge is 2.17. The number of halogens is 3. The fraction of sp³-hybridized carbons (Fsp3) is 0. The molecule has 0 radical (unpaired) electrons. The molecule has 8 heteroatoms. The molecule has 21 heavy (non-hydrogen) atoms. The Kier molecular flexibility index (Phi) is 3.26. The molecule has 2 N–H and O–H groups in total. The summed E-state index contributed by atoms with van der Waals surface area (Å²) in [7, 11) is 0. The smallest absolute Gasteiger partial charge is 0.187 e. The highest BCUT2D eigenvalue weighted by atomic mass is 35.5. The molecule has 0 aliphatic carbocycles. The van der Waals surface area contributed by atoms with Crippen molar-refractivity contribution in [2.75, 3.05) is 5.73 Å². The number of tetrazole rings is 1. The first-order valence-corrected chi connectivity index (χ1v) is 6.23. The Morgan fingerprint density at radius 2 is 1.95 bits per heavy atom. The van der Waals surface area contributed by atoms with E-state index in [1.54, 1.807) is 0 Å². The standard InChI is InChI=1S/C13H8ClF2N5/c14-10-2-1-3-11(16)12(10)21-13(18-19-20-21)7-4-8(15)6-9(17)5-7/h1-6H,17H2. The Hall–Kier alpha value is -2.54. The lowest BCUT2D eigenvalue weighted by Crippen LogP contribution is -2.04. The minimum atomic E-state index is -0.597. The Morgan fingerprint density at radius 3 is 2.67 bits per heavy atom. The number of para-hydroxylation sites is 1. The molecular weight excluding hydrogens is 300 g/mol. The van der Waals surface area contributed by atoms with Crippen molar-refractivity contribution in [2.45, 2.75) is 0 Å². The Morgan fingerprint density at radius 1 is 1.14 bits per heavy atom. The molecule has 3 aromatic rings. The van der Waals surface area contributed by atoms with E-state index in [1.165, 1.54) is 30.3 Å². The maximum Gasteiger partial charge on any atom is 0.187 e. The molecule has 0 spiro atoms. The molecule has 0 amide bonds. The minimum Gasteiger partial charge on any atom is -0.399 e. The minimum absolute atomic E-state index is 0.0120. The zero-order valence-corrected chi connectivity index (χ0v) is 11.2. The number of nitrogens with zero attached hydrogens (tertiary/aromatic N) is 4. The molecule has 1 heterocycles. The van der Waals surface area contributed by atoms with Crippen LogP contribution >= 0.6 is 11.6 Å². The van der Waals surface area contributed by atoms with Crippen molar-refractivity contribution >= 4 is 17.3 Å². The molecule has 0 fully saturated rings. The van der Waals surface area contributed by atoms with Crippen molar-refractivity contribution in [3.8, 4) is 17.1 Å². The number of hydrogen-bond acceptors (Lipinski definition) is 4. The van der Waals surface area contributed by atoms with Gasteiger partial charge in [0, 0.05) is 11.3 Å². The summed E-state index contributed by atoms with van der Waals surface area (Å²) in [5, 5.41) is 11.1. The predicted molar refractivity (Wildman–Crippen MR) is 73.9 cm³/mol. The monoisotopic (exact) mass is 307 g/mol. The molecule has 0 saturated heterocycles. The number of aromatic nitrogens is 4. The highest BCUT2D eigenvalue weighted by molar-refractivity contribution is 6.32. The van der Waals surface area contributed by atoms with Gasteiger partial charge < -0.3 is 5.73 Å². The summed E-state index contributed by atoms with van der Waals surface area (Å²) in [5.41, 5.74) is 6.11. The van der Waals surface area contributed by atoms with Gasteiger partial charge in [-0.15, -0.1) is 5.10 Å². The van der Waals surface area contributed by atoms with Gasteiger partial charge in [-0.25, -0.2) is 8.78 Å². The first-order chi connectivity index (χ1) is 10.1. The van der Waals surface area contributed by atoms with Crippen molar-refractivity contribution in [2.24, 2.45) is 0 Å². The molecule has 0 unspecified atom stereocenters. The molecular formula is C13H8ClF2N5. The SMILES string of the molecule is Nc1cc(F)cc(-c2nnnn2-c2c(F)cccc2Cl)c1. The van der Waals surface area contributed by atoms with Gasteiger partial charge in [0.1, 0.15) is 11.5 Å². The highest BCUT2D eigenvalue weighted by Crippen LogP contribution is 2.28. The molecule has 5 nitrogen and oxygen atoms in total. The fourth-order valence-electron chi connectivity index (χ4n) is 1.95. The number of rotatable bonds is 2. The van der Waals surface area contributed by atoms with E-state index in [2.05, 4.69) is 15.5 Å². The Balaban J connectivity index is 2.22. The summed E-state index contributed by atoms with van der Waals surface area (Å²) >= 11 is 5.99. The largest absolute Gasteiger partial charge is 0.399 e. The lowest BCUT2D eigenvalue weighted by Gasteiger charge is -2.08. The molecule has 0 aliphatic heterocycles. The van der Waals surface area contributed by atoms with E-state index >= 15 is 0 Å². The van der Waals surface area contributed by atoms with Crippen LogP contribution in [0.2, 0.25) is 5.02 Å². The van der Waals surface area contributed by atoms with Crippen LogP contribution in [-0.2, 0) is 0 Å². The second-order valence-electron chi connectivity index (χ2n) is 4.26. The third-order valence-corrected chi connectivity index (χ3v) is 3.10. The van der Waals surface area contributed by atoms with Crippen LogP contribution in [0.1, 0.15) is 0 Å². The van der Waals surface area contributed by atoms with Gasteiger partial charge >= 0.3 is 0 Å². The van der Waals surface area contributed by atoms with Crippen molar-refractivity contribution in [1.29, 1.82) is 0 Å². The molecule has 2 aromatic carbocycles. The van der Waals surface area contributed by atoms with Crippen LogP contribution in [0.4, 0.5) is 14.5 Å². The number of hydrogen-bond donors (Lipinski definition) is 1. The Labute approximate surface area is 123 Å². The van der Waals surface area contributed by atoms with E-state index in [1.807, 2.05) is 0 Å². The maximum atomic E-state index is 14.0. The third kappa shape index (κ3) is 2.43. The zero-order valence-electron chi connectivity index (χ0n) is 10.5. The maximum absolute atomic E-state index is 14.0. The van der Waals surface area contributed by atoms with Gasteiger partial charge in [0.15, 0.2) is 11.6 Å². The van der Waals surface area contributed by atoms with Crippen LogP contribution in [0.5, 0.6) is 0 Å². The molecule has 106 valence electrons. The molecule has 0 bridgehead atoms. The summed E-state index contributed by atoms with van der Waals surface area (Å²) in [6.45, 7) is 0. The molecule has 1 aromatic heterocycles. The summed E-state index contributed by atoms with van der Waals surface area (Å²) in [6, 6.07) is 8.05. The average molecular weight is 308 g/mol. The predicted octanol–water partition coefficient (Wildman–Crippen LogP) is 2.84. The van der Waals surface area contributed by atoms with Gasteiger partial charge in [-0.05, 0) is 40.8 Å². The first-order valence-electron chi connectivity index (χ1n) is 5.85. The molecule has 0 aliphatic rings. The van der Waals surface area contributed by atoms with Gasteiger partial charge in [-0.1, -0.05) is 17.7 Å². The van der Waals surface area contributed by atoms with Crippen LogP contribution in [0.15, 0.2) is 36.4 Å². The third-order valence-electron chi connectivity index (χ3n) is 2.80. The van der Waals surface area contributed by atoms with Crippen LogP contribution in [0.25, 0.3) is 17.1 Å². The average Bonchev–Trinajstić information content (AvgIpc) is 2.86. The normalized spacial score (nSPS) is 10.8. The number of anilines is 1. The molecule has 0 saturated carbocycles. The zero-order chi connectivity index (χ0) is 15.0. The second-order valence-corrected chi connectivity index (χ2v) is 4.67.